The standard InChI is InChI=1S/C18H30N4O/c1-13-7-6-8-16(9-13)21-17(19)20-12-18(4,5)22-10-14(2)23-15(3)11-22/h6-9,14-15H,10-12H2,1-5H3,(H3,19,20,21). The van der Waals surface area contributed by atoms with Gasteiger partial charge in [-0.15, -0.1) is 0 Å². The minimum Gasteiger partial charge on any atom is -0.373 e. The van der Waals surface area contributed by atoms with Crippen molar-refractivity contribution in [2.24, 2.45) is 10.7 Å². The molecule has 2 unspecified atom stereocenters. The molecule has 1 aliphatic heterocycles. The summed E-state index contributed by atoms with van der Waals surface area (Å²) >= 11 is 0. The van der Waals surface area contributed by atoms with Gasteiger partial charge in [0.1, 0.15) is 0 Å². The zero-order valence-corrected chi connectivity index (χ0v) is 15.0. The zero-order valence-electron chi connectivity index (χ0n) is 15.0. The summed E-state index contributed by atoms with van der Waals surface area (Å²) in [5, 5.41) is 3.16. The Morgan fingerprint density at radius 1 is 1.35 bits per heavy atom. The van der Waals surface area contributed by atoms with Gasteiger partial charge in [-0.1, -0.05) is 12.1 Å². The second-order valence-corrected chi connectivity index (χ2v) is 7.17. The molecular weight excluding hydrogens is 288 g/mol. The number of morpholine rings is 1. The van der Waals surface area contributed by atoms with E-state index in [0.29, 0.717) is 12.5 Å². The lowest BCUT2D eigenvalue weighted by atomic mass is 10.0. The van der Waals surface area contributed by atoms with E-state index in [1.807, 2.05) is 12.1 Å². The molecule has 5 nitrogen and oxygen atoms in total. The molecule has 0 saturated carbocycles. The van der Waals surface area contributed by atoms with E-state index in [4.69, 9.17) is 10.5 Å². The molecule has 5 heteroatoms. The average Bonchev–Trinajstić information content (AvgIpc) is 2.44. The molecule has 1 heterocycles. The molecular formula is C18H30N4O. The largest absolute Gasteiger partial charge is 0.373 e. The number of hydrogen-bond acceptors (Lipinski definition) is 3. The van der Waals surface area contributed by atoms with Crippen molar-refractivity contribution in [3.63, 3.8) is 0 Å². The molecule has 1 fully saturated rings. The first-order valence-electron chi connectivity index (χ1n) is 8.30. The first-order chi connectivity index (χ1) is 10.8. The Balaban J connectivity index is 1.96. The molecule has 3 N–H and O–H groups in total. The number of rotatable bonds is 4. The maximum absolute atomic E-state index is 6.04. The molecule has 1 aliphatic rings. The topological polar surface area (TPSA) is 62.9 Å². The van der Waals surface area contributed by atoms with Crippen LogP contribution in [0.1, 0.15) is 33.3 Å². The molecule has 2 rings (SSSR count). The van der Waals surface area contributed by atoms with Gasteiger partial charge in [-0.05, 0) is 52.3 Å². The van der Waals surface area contributed by atoms with Gasteiger partial charge in [0.2, 0.25) is 0 Å². The first-order valence-corrected chi connectivity index (χ1v) is 8.30. The van der Waals surface area contributed by atoms with Crippen LogP contribution in [0.25, 0.3) is 0 Å². The number of benzene rings is 1. The van der Waals surface area contributed by atoms with E-state index in [9.17, 15) is 0 Å². The van der Waals surface area contributed by atoms with Crippen molar-refractivity contribution in [1.29, 1.82) is 0 Å². The van der Waals surface area contributed by atoms with Crippen LogP contribution in [0.3, 0.4) is 0 Å². The monoisotopic (exact) mass is 318 g/mol. The fourth-order valence-corrected chi connectivity index (χ4v) is 2.96. The third-order valence-electron chi connectivity index (χ3n) is 4.20. The lowest BCUT2D eigenvalue weighted by Crippen LogP contribution is -2.56. The van der Waals surface area contributed by atoms with Crippen molar-refractivity contribution in [1.82, 2.24) is 4.90 Å². The Hall–Kier alpha value is -1.59. The van der Waals surface area contributed by atoms with Crippen molar-refractivity contribution in [3.05, 3.63) is 29.8 Å². The summed E-state index contributed by atoms with van der Waals surface area (Å²) < 4.78 is 5.81. The van der Waals surface area contributed by atoms with E-state index in [2.05, 4.69) is 62.0 Å². The van der Waals surface area contributed by atoms with Crippen LogP contribution in [-0.4, -0.2) is 48.2 Å². The number of ether oxygens (including phenoxy) is 1. The van der Waals surface area contributed by atoms with E-state index in [-0.39, 0.29) is 17.7 Å². The molecule has 1 aromatic rings. The molecule has 1 saturated heterocycles. The summed E-state index contributed by atoms with van der Waals surface area (Å²) in [6.45, 7) is 13.2. The Bertz CT molecular complexity index is 546. The number of nitrogens with two attached hydrogens (primary N) is 1. The molecule has 0 amide bonds. The summed E-state index contributed by atoms with van der Waals surface area (Å²) in [5.74, 6) is 0.457. The number of aliphatic imine (C=N–C) groups is 1. The smallest absolute Gasteiger partial charge is 0.193 e. The Kier molecular flexibility index (Phi) is 5.65. The van der Waals surface area contributed by atoms with Crippen LogP contribution in [0.4, 0.5) is 5.69 Å². The van der Waals surface area contributed by atoms with Gasteiger partial charge in [-0.3, -0.25) is 9.89 Å². The molecule has 0 aromatic heterocycles. The van der Waals surface area contributed by atoms with Crippen molar-refractivity contribution in [2.45, 2.75) is 52.4 Å². The number of guanidine groups is 1. The van der Waals surface area contributed by atoms with E-state index in [1.165, 1.54) is 5.56 Å². The molecule has 0 spiro atoms. The van der Waals surface area contributed by atoms with Crippen LogP contribution in [0.5, 0.6) is 0 Å². The SMILES string of the molecule is Cc1cccc(NC(N)=NCC(C)(C)N2CC(C)OC(C)C2)c1. The first kappa shape index (κ1) is 17.8. The molecule has 2 atom stereocenters. The summed E-state index contributed by atoms with van der Waals surface area (Å²) in [6.07, 6.45) is 0.509. The van der Waals surface area contributed by atoms with Gasteiger partial charge >= 0.3 is 0 Å². The Morgan fingerprint density at radius 2 is 2.00 bits per heavy atom. The van der Waals surface area contributed by atoms with Crippen molar-refractivity contribution in [3.8, 4) is 0 Å². The number of nitrogens with zero attached hydrogens (tertiary/aromatic N) is 2. The molecule has 1 aromatic carbocycles. The van der Waals surface area contributed by atoms with E-state index < -0.39 is 0 Å². The van der Waals surface area contributed by atoms with E-state index in [0.717, 1.165) is 18.8 Å². The predicted octanol–water partition coefficient (Wildman–Crippen LogP) is 2.61. The van der Waals surface area contributed by atoms with Crippen LogP contribution in [0, 0.1) is 6.92 Å². The van der Waals surface area contributed by atoms with Crippen molar-refractivity contribution in [2.75, 3.05) is 25.0 Å². The second kappa shape index (κ2) is 7.32. The van der Waals surface area contributed by atoms with Crippen LogP contribution >= 0.6 is 0 Å². The molecule has 0 aliphatic carbocycles. The normalized spacial score (nSPS) is 23.8. The van der Waals surface area contributed by atoms with Gasteiger partial charge < -0.3 is 15.8 Å². The van der Waals surface area contributed by atoms with Crippen LogP contribution in [0.15, 0.2) is 29.3 Å². The van der Waals surface area contributed by atoms with Gasteiger partial charge in [0.15, 0.2) is 5.96 Å². The number of nitrogens with one attached hydrogen (secondary N) is 1. The highest BCUT2D eigenvalue weighted by Gasteiger charge is 2.33. The predicted molar refractivity (Wildman–Crippen MR) is 97.0 cm³/mol. The number of aryl methyl sites for hydroxylation is 1. The van der Waals surface area contributed by atoms with E-state index >= 15 is 0 Å². The maximum atomic E-state index is 6.04. The lowest BCUT2D eigenvalue weighted by molar-refractivity contribution is -0.0939. The van der Waals surface area contributed by atoms with Gasteiger partial charge in [-0.25, -0.2) is 0 Å². The third kappa shape index (κ3) is 5.22. The highest BCUT2D eigenvalue weighted by atomic mass is 16.5. The molecule has 128 valence electrons. The van der Waals surface area contributed by atoms with Crippen LogP contribution in [0.2, 0.25) is 0 Å². The third-order valence-corrected chi connectivity index (χ3v) is 4.20. The minimum atomic E-state index is -0.0504. The summed E-state index contributed by atoms with van der Waals surface area (Å²) in [6, 6.07) is 8.11. The zero-order chi connectivity index (χ0) is 17.0. The fraction of sp³-hybridized carbons (Fsp3) is 0.611. The molecule has 0 radical (unpaired) electrons. The Morgan fingerprint density at radius 3 is 2.61 bits per heavy atom. The van der Waals surface area contributed by atoms with Crippen LogP contribution < -0.4 is 11.1 Å². The number of hydrogen-bond donors (Lipinski definition) is 2. The summed E-state index contributed by atoms with van der Waals surface area (Å²) in [7, 11) is 0. The maximum Gasteiger partial charge on any atom is 0.193 e. The van der Waals surface area contributed by atoms with E-state index in [1.54, 1.807) is 0 Å². The second-order valence-electron chi connectivity index (χ2n) is 7.17. The Labute approximate surface area is 139 Å². The fourth-order valence-electron chi connectivity index (χ4n) is 2.96. The minimum absolute atomic E-state index is 0.0504. The lowest BCUT2D eigenvalue weighted by Gasteiger charge is -2.44. The summed E-state index contributed by atoms with van der Waals surface area (Å²) in [4.78, 5) is 6.99. The number of anilines is 1. The molecule has 0 bridgehead atoms. The highest BCUT2D eigenvalue weighted by Crippen LogP contribution is 2.21. The van der Waals surface area contributed by atoms with Crippen molar-refractivity contribution < 1.29 is 4.74 Å². The van der Waals surface area contributed by atoms with Gasteiger partial charge in [0.05, 0.1) is 18.8 Å². The average molecular weight is 318 g/mol. The molecule has 23 heavy (non-hydrogen) atoms. The van der Waals surface area contributed by atoms with Crippen LogP contribution in [-0.2, 0) is 4.74 Å². The van der Waals surface area contributed by atoms with Gasteiger partial charge in [0, 0.05) is 24.3 Å². The van der Waals surface area contributed by atoms with Crippen molar-refractivity contribution >= 4 is 11.6 Å². The highest BCUT2D eigenvalue weighted by molar-refractivity contribution is 5.92. The quantitative estimate of drug-likeness (QED) is 0.662. The van der Waals surface area contributed by atoms with Gasteiger partial charge in [0.25, 0.3) is 0 Å². The summed E-state index contributed by atoms with van der Waals surface area (Å²) in [5.41, 5.74) is 8.16. The van der Waals surface area contributed by atoms with Gasteiger partial charge in [-0.2, -0.15) is 0 Å².